The van der Waals surface area contributed by atoms with Crippen LogP contribution in [0.4, 0.5) is 5.69 Å². The highest BCUT2D eigenvalue weighted by Gasteiger charge is 2.18. The van der Waals surface area contributed by atoms with Gasteiger partial charge in [0.2, 0.25) is 0 Å². The van der Waals surface area contributed by atoms with Crippen molar-refractivity contribution in [2.45, 2.75) is 0 Å². The van der Waals surface area contributed by atoms with E-state index in [9.17, 15) is 9.59 Å². The Morgan fingerprint density at radius 3 is 2.23 bits per heavy atom. The number of esters is 2. The maximum Gasteiger partial charge on any atom is 0.339 e. The number of nitrogens with one attached hydrogen (secondary N) is 1. The lowest BCUT2D eigenvalue weighted by Gasteiger charge is -2.07. The van der Waals surface area contributed by atoms with Gasteiger partial charge in [-0.3, -0.25) is 0 Å². The first-order valence-electron chi connectivity index (χ1n) is 8.35. The molecule has 0 spiro atoms. The van der Waals surface area contributed by atoms with E-state index >= 15 is 0 Å². The topological polar surface area (TPSA) is 104 Å². The number of benzene rings is 2. The van der Waals surface area contributed by atoms with Gasteiger partial charge < -0.3 is 24.9 Å². The molecule has 0 aliphatic heterocycles. The number of terminal acetylenes is 1. The van der Waals surface area contributed by atoms with E-state index in [0.29, 0.717) is 27.6 Å². The van der Waals surface area contributed by atoms with Crippen molar-refractivity contribution in [2.24, 2.45) is 0 Å². The summed E-state index contributed by atoms with van der Waals surface area (Å²) in [6.07, 6.45) is 6.93. The molecule has 0 amide bonds. The molecule has 0 aliphatic rings. The summed E-state index contributed by atoms with van der Waals surface area (Å²) in [5.74, 6) is 1.86. The number of H-pyrrole nitrogens is 1. The molecule has 30 heavy (non-hydrogen) atoms. The Labute approximate surface area is 183 Å². The van der Waals surface area contributed by atoms with Crippen LogP contribution < -0.4 is 10.5 Å². The van der Waals surface area contributed by atoms with E-state index in [1.165, 1.54) is 33.5 Å². The number of methoxy groups -OCH3 is 3. The molecule has 3 N–H and O–H groups in total. The van der Waals surface area contributed by atoms with Crippen LogP contribution in [0.2, 0.25) is 10.0 Å². The molecular formula is C21H18Cl2N2O5. The Bertz CT molecular complexity index is 1150. The number of halogens is 2. The molecular weight excluding hydrogens is 431 g/mol. The molecule has 0 bridgehead atoms. The van der Waals surface area contributed by atoms with E-state index in [0.717, 1.165) is 10.9 Å². The van der Waals surface area contributed by atoms with Crippen molar-refractivity contribution in [3.05, 3.63) is 57.2 Å². The lowest BCUT2D eigenvalue weighted by molar-refractivity contribution is 0.0592. The van der Waals surface area contributed by atoms with Crippen molar-refractivity contribution < 1.29 is 23.8 Å². The molecule has 0 atom stereocenters. The fraction of sp³-hybridized carbons (Fsp3) is 0.143. The molecule has 0 unspecified atom stereocenters. The van der Waals surface area contributed by atoms with Gasteiger partial charge in [-0.05, 0) is 24.3 Å². The van der Waals surface area contributed by atoms with Gasteiger partial charge in [0, 0.05) is 17.3 Å². The van der Waals surface area contributed by atoms with Crippen molar-refractivity contribution in [1.29, 1.82) is 0 Å². The second kappa shape index (κ2) is 9.92. The van der Waals surface area contributed by atoms with Crippen LogP contribution in [0, 0.1) is 12.3 Å². The Morgan fingerprint density at radius 1 is 1.03 bits per heavy atom. The average Bonchev–Trinajstić information content (AvgIpc) is 3.24. The predicted molar refractivity (Wildman–Crippen MR) is 116 cm³/mol. The molecule has 1 aromatic heterocycles. The number of aromatic nitrogens is 1. The minimum absolute atomic E-state index is 0.152. The fourth-order valence-corrected chi connectivity index (χ4v) is 3.19. The molecule has 0 fully saturated rings. The maximum absolute atomic E-state index is 11.5. The van der Waals surface area contributed by atoms with Crippen molar-refractivity contribution >= 4 is 51.7 Å². The van der Waals surface area contributed by atoms with Crippen LogP contribution in [0.3, 0.4) is 0 Å². The van der Waals surface area contributed by atoms with Gasteiger partial charge in [-0.2, -0.15) is 0 Å². The van der Waals surface area contributed by atoms with Gasteiger partial charge in [0.05, 0.1) is 53.6 Å². The first kappa shape index (κ1) is 22.9. The van der Waals surface area contributed by atoms with Crippen LogP contribution in [0.15, 0.2) is 30.5 Å². The van der Waals surface area contributed by atoms with E-state index in [1.807, 2.05) is 0 Å². The highest BCUT2D eigenvalue weighted by atomic mass is 35.5. The number of anilines is 1. The Hall–Kier alpha value is -3.34. The summed E-state index contributed by atoms with van der Waals surface area (Å²) < 4.78 is 14.4. The zero-order valence-corrected chi connectivity index (χ0v) is 17.9. The summed E-state index contributed by atoms with van der Waals surface area (Å²) in [4.78, 5) is 25.7. The molecule has 0 radical (unpaired) electrons. The number of hydrogen-bond acceptors (Lipinski definition) is 6. The van der Waals surface area contributed by atoms with Crippen molar-refractivity contribution in [3.8, 4) is 18.1 Å². The van der Waals surface area contributed by atoms with Crippen LogP contribution in [0.25, 0.3) is 10.9 Å². The Kier molecular flexibility index (Phi) is 7.59. The van der Waals surface area contributed by atoms with Crippen molar-refractivity contribution in [1.82, 2.24) is 4.98 Å². The molecule has 2 aromatic carbocycles. The molecule has 3 rings (SSSR count). The summed E-state index contributed by atoms with van der Waals surface area (Å²) >= 11 is 12.0. The number of aromatic amines is 1. The summed E-state index contributed by atoms with van der Waals surface area (Å²) in [5.41, 5.74) is 7.53. The number of hydrogen-bond donors (Lipinski definition) is 2. The van der Waals surface area contributed by atoms with Gasteiger partial charge in [0.1, 0.15) is 5.75 Å². The van der Waals surface area contributed by atoms with Crippen molar-refractivity contribution in [3.63, 3.8) is 0 Å². The predicted octanol–water partition coefficient (Wildman–Crippen LogP) is 4.31. The zero-order chi connectivity index (χ0) is 22.4. The number of carbonyl (C=O) groups is 2. The summed E-state index contributed by atoms with van der Waals surface area (Å²) in [6.45, 7) is 0. The van der Waals surface area contributed by atoms with Gasteiger partial charge in [0.25, 0.3) is 0 Å². The molecule has 0 saturated heterocycles. The molecule has 156 valence electrons. The molecule has 7 nitrogen and oxygen atoms in total. The molecule has 9 heteroatoms. The Morgan fingerprint density at radius 2 is 1.67 bits per heavy atom. The van der Waals surface area contributed by atoms with E-state index in [2.05, 4.69) is 20.4 Å². The van der Waals surface area contributed by atoms with Crippen LogP contribution >= 0.6 is 23.2 Å². The van der Waals surface area contributed by atoms with Crippen molar-refractivity contribution in [2.75, 3.05) is 27.1 Å². The van der Waals surface area contributed by atoms with Crippen LogP contribution in [-0.4, -0.2) is 38.3 Å². The number of rotatable bonds is 3. The third kappa shape index (κ3) is 4.46. The normalized spacial score (nSPS) is 9.87. The number of carbonyl (C=O) groups excluding carboxylic acids is 2. The zero-order valence-electron chi connectivity index (χ0n) is 16.3. The largest absolute Gasteiger partial charge is 0.495 e. The van der Waals surface area contributed by atoms with Crippen LogP contribution in [0.1, 0.15) is 26.3 Å². The molecule has 3 aromatic rings. The fourth-order valence-electron chi connectivity index (χ4n) is 2.59. The number of fused-ring (bicyclic) bond motifs is 1. The van der Waals surface area contributed by atoms with Gasteiger partial charge in [0.15, 0.2) is 0 Å². The summed E-state index contributed by atoms with van der Waals surface area (Å²) in [7, 11) is 4.11. The van der Waals surface area contributed by atoms with E-state index < -0.39 is 11.9 Å². The van der Waals surface area contributed by atoms with Gasteiger partial charge >= 0.3 is 11.9 Å². The van der Waals surface area contributed by atoms with Crippen LogP contribution in [-0.2, 0) is 9.47 Å². The Balaban J connectivity index is 0.000000216. The molecule has 0 saturated carbocycles. The number of nitrogen functional groups attached to an aromatic ring is 1. The quantitative estimate of drug-likeness (QED) is 0.351. The third-order valence-corrected chi connectivity index (χ3v) is 4.89. The van der Waals surface area contributed by atoms with Crippen LogP contribution in [0.5, 0.6) is 5.75 Å². The monoisotopic (exact) mass is 448 g/mol. The van der Waals surface area contributed by atoms with Gasteiger partial charge in [-0.25, -0.2) is 9.59 Å². The highest BCUT2D eigenvalue weighted by molar-refractivity contribution is 6.38. The maximum atomic E-state index is 11.5. The first-order chi connectivity index (χ1) is 14.3. The van der Waals surface area contributed by atoms with Gasteiger partial charge in [-0.15, -0.1) is 6.42 Å². The third-order valence-electron chi connectivity index (χ3n) is 4.09. The molecule has 0 aliphatic carbocycles. The average molecular weight is 449 g/mol. The smallest absolute Gasteiger partial charge is 0.339 e. The minimum Gasteiger partial charge on any atom is -0.495 e. The lowest BCUT2D eigenvalue weighted by Crippen LogP contribution is -2.04. The van der Waals surface area contributed by atoms with E-state index in [1.54, 1.807) is 18.3 Å². The second-order valence-corrected chi connectivity index (χ2v) is 6.48. The highest BCUT2D eigenvalue weighted by Crippen LogP contribution is 2.34. The molecule has 1 heterocycles. The summed E-state index contributed by atoms with van der Waals surface area (Å²) in [5, 5.41) is 1.25. The van der Waals surface area contributed by atoms with E-state index in [-0.39, 0.29) is 10.6 Å². The minimum atomic E-state index is -0.536. The standard InChI is InChI=1S/C11H10ClNO3.C10H8ClNO2/c1-15-8-5-7(11(14)16-2)9(12)6-3-4-13-10(6)8;1-3-6-8(12)5-4-7(9(6)11)10(13)14-2/h3-5,13H,1-2H3;1,4-5H,12H2,2H3. The SMILES string of the molecule is C#Cc1c(N)ccc(C(=O)OC)c1Cl.COC(=O)c1cc(OC)c2[nH]ccc2c1Cl. The van der Waals surface area contributed by atoms with Gasteiger partial charge in [-0.1, -0.05) is 29.1 Å². The number of nitrogens with two attached hydrogens (primary N) is 1. The van der Waals surface area contributed by atoms with E-state index in [4.69, 9.17) is 40.1 Å². The second-order valence-electron chi connectivity index (χ2n) is 5.73. The number of ether oxygens (including phenoxy) is 3. The summed E-state index contributed by atoms with van der Waals surface area (Å²) in [6, 6.07) is 6.34. The first-order valence-corrected chi connectivity index (χ1v) is 9.11. The lowest BCUT2D eigenvalue weighted by atomic mass is 10.1.